The van der Waals surface area contributed by atoms with Gasteiger partial charge >= 0.3 is 11.9 Å². The van der Waals surface area contributed by atoms with Crippen LogP contribution in [0.1, 0.15) is 32.6 Å². The van der Waals surface area contributed by atoms with Gasteiger partial charge in [0.05, 0.1) is 12.8 Å². The van der Waals surface area contributed by atoms with Crippen molar-refractivity contribution < 1.29 is 19.8 Å². The molecule has 14 heavy (non-hydrogen) atoms. The maximum Gasteiger partial charge on any atom is 0.303 e. The molecule has 0 aliphatic carbocycles. The molecule has 0 saturated heterocycles. The molecule has 0 aromatic heterocycles. The maximum absolute atomic E-state index is 9.64. The molecular weight excluding hydrogens is 188 g/mol. The summed E-state index contributed by atoms with van der Waals surface area (Å²) in [7, 11) is 0. The molecule has 0 atom stereocenters. The average molecular weight is 206 g/mol. The van der Waals surface area contributed by atoms with Crippen molar-refractivity contribution in [2.45, 2.75) is 32.6 Å². The molecule has 0 aromatic carbocycles. The fourth-order valence-electron chi connectivity index (χ4n) is 0.493. The predicted octanol–water partition coefficient (Wildman–Crippen LogP) is 0.186. The van der Waals surface area contributed by atoms with Crippen LogP contribution >= 0.6 is 0 Å². The predicted molar refractivity (Wildman–Crippen MR) is 51.6 cm³/mol. The van der Waals surface area contributed by atoms with Crippen molar-refractivity contribution in [3.63, 3.8) is 0 Å². The Morgan fingerprint density at radius 1 is 1.21 bits per heavy atom. The summed E-state index contributed by atoms with van der Waals surface area (Å²) in [4.78, 5) is 19.3. The lowest BCUT2D eigenvalue weighted by Gasteiger charge is -1.89. The van der Waals surface area contributed by atoms with E-state index in [1.807, 2.05) is 0 Å². The summed E-state index contributed by atoms with van der Waals surface area (Å²) in [6, 6.07) is 0. The highest BCUT2D eigenvalue weighted by molar-refractivity contribution is 5.75. The van der Waals surface area contributed by atoms with Crippen LogP contribution in [0.2, 0.25) is 0 Å². The number of aliphatic carboxylic acids is 2. The van der Waals surface area contributed by atoms with E-state index in [1.165, 1.54) is 12.8 Å². The van der Waals surface area contributed by atoms with Gasteiger partial charge in [0.1, 0.15) is 0 Å². The molecule has 84 valence electrons. The van der Waals surface area contributed by atoms with Crippen LogP contribution in [0.25, 0.3) is 0 Å². The van der Waals surface area contributed by atoms with Gasteiger partial charge in [0, 0.05) is 6.54 Å². The molecule has 0 amide bonds. The maximum atomic E-state index is 9.64. The molecule has 6 nitrogen and oxygen atoms in total. The Bertz CT molecular complexity index is 143. The number of nitrogens with one attached hydrogen (secondary N) is 1. The Morgan fingerprint density at radius 2 is 1.64 bits per heavy atom. The van der Waals surface area contributed by atoms with Gasteiger partial charge in [0.25, 0.3) is 0 Å². The van der Waals surface area contributed by atoms with E-state index < -0.39 is 11.9 Å². The van der Waals surface area contributed by atoms with Crippen molar-refractivity contribution in [3.8, 4) is 0 Å². The SMILES string of the molecule is CCCCNN.O=C(O)CCC(=O)O. The van der Waals surface area contributed by atoms with Crippen LogP contribution < -0.4 is 11.3 Å². The third-order valence-corrected chi connectivity index (χ3v) is 1.23. The number of unbranched alkanes of at least 4 members (excludes halogenated alkanes) is 1. The van der Waals surface area contributed by atoms with Crippen molar-refractivity contribution >= 4 is 11.9 Å². The molecule has 0 aliphatic rings. The van der Waals surface area contributed by atoms with Gasteiger partial charge in [-0.2, -0.15) is 0 Å². The topological polar surface area (TPSA) is 113 Å². The van der Waals surface area contributed by atoms with Gasteiger partial charge in [0.2, 0.25) is 0 Å². The van der Waals surface area contributed by atoms with Crippen LogP contribution in [0.15, 0.2) is 0 Å². The smallest absolute Gasteiger partial charge is 0.303 e. The molecule has 0 saturated carbocycles. The van der Waals surface area contributed by atoms with Crippen molar-refractivity contribution in [1.29, 1.82) is 0 Å². The average Bonchev–Trinajstić information content (AvgIpc) is 2.12. The third-order valence-electron chi connectivity index (χ3n) is 1.23. The lowest BCUT2D eigenvalue weighted by atomic mass is 10.3. The van der Waals surface area contributed by atoms with E-state index in [0.29, 0.717) is 0 Å². The monoisotopic (exact) mass is 206 g/mol. The molecule has 0 fully saturated rings. The van der Waals surface area contributed by atoms with Crippen LogP contribution in [0.5, 0.6) is 0 Å². The Hall–Kier alpha value is -1.14. The first-order valence-electron chi connectivity index (χ1n) is 4.41. The Kier molecular flexibility index (Phi) is 13.0. The first kappa shape index (κ1) is 15.3. The van der Waals surface area contributed by atoms with Gasteiger partial charge in [-0.3, -0.25) is 20.9 Å². The largest absolute Gasteiger partial charge is 0.481 e. The molecule has 0 heterocycles. The van der Waals surface area contributed by atoms with E-state index in [-0.39, 0.29) is 12.8 Å². The number of rotatable bonds is 6. The van der Waals surface area contributed by atoms with Crippen molar-refractivity contribution in [2.75, 3.05) is 6.54 Å². The highest BCUT2D eigenvalue weighted by Crippen LogP contribution is 1.86. The summed E-state index contributed by atoms with van der Waals surface area (Å²) in [6.45, 7) is 3.08. The molecule has 0 rings (SSSR count). The second kappa shape index (κ2) is 11.9. The van der Waals surface area contributed by atoms with Crippen LogP contribution in [-0.4, -0.2) is 28.7 Å². The zero-order valence-electron chi connectivity index (χ0n) is 8.32. The third kappa shape index (κ3) is 22.4. The fourth-order valence-corrected chi connectivity index (χ4v) is 0.493. The van der Waals surface area contributed by atoms with Gasteiger partial charge in [-0.25, -0.2) is 0 Å². The molecule has 0 aliphatic heterocycles. The highest BCUT2D eigenvalue weighted by Gasteiger charge is 2.00. The quantitative estimate of drug-likeness (QED) is 0.280. The first-order chi connectivity index (χ1) is 6.54. The summed E-state index contributed by atoms with van der Waals surface area (Å²) in [6.07, 6.45) is 1.80. The Balaban J connectivity index is 0. The van der Waals surface area contributed by atoms with E-state index in [2.05, 4.69) is 12.3 Å². The van der Waals surface area contributed by atoms with Crippen LogP contribution in [0, 0.1) is 0 Å². The van der Waals surface area contributed by atoms with Crippen molar-refractivity contribution in [3.05, 3.63) is 0 Å². The molecular formula is C8H18N2O4. The second-order valence-electron chi connectivity index (χ2n) is 2.60. The second-order valence-corrected chi connectivity index (χ2v) is 2.60. The minimum atomic E-state index is -1.08. The lowest BCUT2D eigenvalue weighted by Crippen LogP contribution is -2.22. The minimum absolute atomic E-state index is 0.296. The van der Waals surface area contributed by atoms with E-state index in [1.54, 1.807) is 0 Å². The molecule has 0 radical (unpaired) electrons. The summed E-state index contributed by atoms with van der Waals surface area (Å²) in [5.74, 6) is 2.81. The Morgan fingerprint density at radius 3 is 1.79 bits per heavy atom. The van der Waals surface area contributed by atoms with Crippen molar-refractivity contribution in [2.24, 2.45) is 5.84 Å². The minimum Gasteiger partial charge on any atom is -0.481 e. The van der Waals surface area contributed by atoms with Gasteiger partial charge in [0.15, 0.2) is 0 Å². The first-order valence-corrected chi connectivity index (χ1v) is 4.41. The zero-order valence-corrected chi connectivity index (χ0v) is 8.32. The summed E-state index contributed by atoms with van der Waals surface area (Å²) in [5.41, 5.74) is 2.57. The van der Waals surface area contributed by atoms with Crippen LogP contribution in [0.3, 0.4) is 0 Å². The molecule has 0 unspecified atom stereocenters. The highest BCUT2D eigenvalue weighted by atomic mass is 16.4. The zero-order chi connectivity index (χ0) is 11.4. The number of hydrogen-bond donors (Lipinski definition) is 4. The summed E-state index contributed by atoms with van der Waals surface area (Å²) < 4.78 is 0. The summed E-state index contributed by atoms with van der Waals surface area (Å²) >= 11 is 0. The van der Waals surface area contributed by atoms with Crippen molar-refractivity contribution in [1.82, 2.24) is 5.43 Å². The number of hydrogen-bond acceptors (Lipinski definition) is 4. The fraction of sp³-hybridized carbons (Fsp3) is 0.750. The van der Waals surface area contributed by atoms with E-state index in [0.717, 1.165) is 6.54 Å². The normalized spacial score (nSPS) is 8.71. The molecule has 6 heteroatoms. The molecule has 0 spiro atoms. The molecule has 5 N–H and O–H groups in total. The number of hydrazine groups is 1. The number of nitrogens with two attached hydrogens (primary N) is 1. The van der Waals surface area contributed by atoms with E-state index in [9.17, 15) is 9.59 Å². The number of carboxylic acids is 2. The van der Waals surface area contributed by atoms with E-state index in [4.69, 9.17) is 16.1 Å². The van der Waals surface area contributed by atoms with Gasteiger partial charge in [-0.15, -0.1) is 0 Å². The van der Waals surface area contributed by atoms with Gasteiger partial charge in [-0.05, 0) is 6.42 Å². The van der Waals surface area contributed by atoms with E-state index >= 15 is 0 Å². The molecule has 0 aromatic rings. The van der Waals surface area contributed by atoms with Crippen LogP contribution in [0.4, 0.5) is 0 Å². The number of carboxylic acid groups (broad SMARTS) is 2. The van der Waals surface area contributed by atoms with Crippen LogP contribution in [-0.2, 0) is 9.59 Å². The summed E-state index contributed by atoms with van der Waals surface area (Å²) in [5, 5.41) is 15.8. The molecule has 0 bridgehead atoms. The standard InChI is InChI=1S/C4H12N2.C4H6O4/c1-2-3-4-6-5;5-3(6)1-2-4(7)8/h6H,2-5H2,1H3;1-2H2,(H,5,6)(H,7,8). The number of carbonyl (C=O) groups is 2. The Labute approximate surface area is 83.1 Å². The lowest BCUT2D eigenvalue weighted by molar-refractivity contribution is -0.143. The van der Waals surface area contributed by atoms with Gasteiger partial charge < -0.3 is 10.2 Å². The van der Waals surface area contributed by atoms with Gasteiger partial charge in [-0.1, -0.05) is 13.3 Å².